The average Bonchev–Trinajstić information content (AvgIpc) is 2.74. The highest BCUT2D eigenvalue weighted by molar-refractivity contribution is 7.92. The van der Waals surface area contributed by atoms with E-state index in [4.69, 9.17) is 4.74 Å². The van der Waals surface area contributed by atoms with Gasteiger partial charge in [-0.05, 0) is 42.5 Å². The molecule has 148 valence electrons. The average molecular weight is 410 g/mol. The number of carbonyl (C=O) groups excluding carboxylic acids is 1. The summed E-state index contributed by atoms with van der Waals surface area (Å²) in [6.07, 6.45) is 2.99. The van der Waals surface area contributed by atoms with Crippen LogP contribution >= 0.6 is 0 Å². The Labute approximate surface area is 168 Å². The van der Waals surface area contributed by atoms with E-state index in [0.29, 0.717) is 17.1 Å². The first kappa shape index (κ1) is 20.0. The van der Waals surface area contributed by atoms with Gasteiger partial charge in [-0.2, -0.15) is 5.10 Å². The summed E-state index contributed by atoms with van der Waals surface area (Å²) in [5, 5.41) is 3.83. The standard InChI is InChI=1S/C20H18N4O4S/c1-28-19-11-3-2-10-18(19)24-29(26,27)17-9-6-7-15(13-17)20(25)23-22-14-16-8-4-5-12-21-16/h2-14,24H,1H3,(H,23,25)/b22-14-. The lowest BCUT2D eigenvalue weighted by molar-refractivity contribution is 0.0955. The Morgan fingerprint density at radius 1 is 1.07 bits per heavy atom. The van der Waals surface area contributed by atoms with Crippen LogP contribution < -0.4 is 14.9 Å². The van der Waals surface area contributed by atoms with Crippen LogP contribution in [0.3, 0.4) is 0 Å². The Balaban J connectivity index is 1.76. The number of benzene rings is 2. The molecule has 0 bridgehead atoms. The van der Waals surface area contributed by atoms with E-state index in [0.717, 1.165) is 0 Å². The van der Waals surface area contributed by atoms with Gasteiger partial charge in [0.2, 0.25) is 0 Å². The maximum atomic E-state index is 12.7. The number of nitrogens with one attached hydrogen (secondary N) is 2. The Morgan fingerprint density at radius 2 is 1.86 bits per heavy atom. The Kier molecular flexibility index (Phi) is 6.20. The molecular formula is C20H18N4O4S. The van der Waals surface area contributed by atoms with Gasteiger partial charge in [0.15, 0.2) is 0 Å². The van der Waals surface area contributed by atoms with Gasteiger partial charge in [0.05, 0.1) is 29.6 Å². The molecule has 0 spiro atoms. The number of rotatable bonds is 7. The molecular weight excluding hydrogens is 392 g/mol. The van der Waals surface area contributed by atoms with Gasteiger partial charge in [0.1, 0.15) is 5.75 Å². The van der Waals surface area contributed by atoms with Gasteiger partial charge in [-0.3, -0.25) is 14.5 Å². The number of sulfonamides is 1. The predicted molar refractivity (Wildman–Crippen MR) is 110 cm³/mol. The minimum absolute atomic E-state index is 0.0650. The van der Waals surface area contributed by atoms with Crippen molar-refractivity contribution in [1.82, 2.24) is 10.4 Å². The number of hydrogen-bond donors (Lipinski definition) is 2. The monoisotopic (exact) mass is 410 g/mol. The lowest BCUT2D eigenvalue weighted by Crippen LogP contribution is -2.19. The number of para-hydroxylation sites is 2. The molecule has 9 heteroatoms. The third kappa shape index (κ3) is 5.17. The zero-order valence-corrected chi connectivity index (χ0v) is 16.3. The highest BCUT2D eigenvalue weighted by Gasteiger charge is 2.18. The molecule has 1 heterocycles. The van der Waals surface area contributed by atoms with E-state index in [1.54, 1.807) is 48.7 Å². The van der Waals surface area contributed by atoms with E-state index in [1.807, 2.05) is 0 Å². The van der Waals surface area contributed by atoms with E-state index in [2.05, 4.69) is 20.2 Å². The number of hydrogen-bond acceptors (Lipinski definition) is 6. The van der Waals surface area contributed by atoms with Crippen molar-refractivity contribution < 1.29 is 17.9 Å². The molecule has 1 amide bonds. The highest BCUT2D eigenvalue weighted by Crippen LogP contribution is 2.26. The summed E-state index contributed by atoms with van der Waals surface area (Å²) < 4.78 is 33.0. The van der Waals surface area contributed by atoms with Crippen molar-refractivity contribution >= 4 is 27.8 Å². The minimum Gasteiger partial charge on any atom is -0.495 e. The van der Waals surface area contributed by atoms with Crippen LogP contribution in [0.1, 0.15) is 16.1 Å². The zero-order valence-electron chi connectivity index (χ0n) is 15.4. The van der Waals surface area contributed by atoms with Gasteiger partial charge < -0.3 is 4.74 Å². The first-order chi connectivity index (χ1) is 14.0. The summed E-state index contributed by atoms with van der Waals surface area (Å²) in [4.78, 5) is 16.3. The number of anilines is 1. The van der Waals surface area contributed by atoms with Gasteiger partial charge >= 0.3 is 0 Å². The van der Waals surface area contributed by atoms with Crippen LogP contribution in [0.5, 0.6) is 5.75 Å². The topological polar surface area (TPSA) is 110 Å². The maximum Gasteiger partial charge on any atom is 0.271 e. The number of aromatic nitrogens is 1. The number of pyridine rings is 1. The number of hydrazone groups is 1. The number of amides is 1. The van der Waals surface area contributed by atoms with E-state index in [9.17, 15) is 13.2 Å². The predicted octanol–water partition coefficient (Wildman–Crippen LogP) is 2.65. The van der Waals surface area contributed by atoms with Gasteiger partial charge in [-0.1, -0.05) is 24.3 Å². The lowest BCUT2D eigenvalue weighted by Gasteiger charge is -2.12. The normalized spacial score (nSPS) is 11.2. The molecule has 0 fully saturated rings. The molecule has 1 aromatic heterocycles. The van der Waals surface area contributed by atoms with Crippen molar-refractivity contribution in [1.29, 1.82) is 0 Å². The van der Waals surface area contributed by atoms with E-state index in [-0.39, 0.29) is 10.5 Å². The molecule has 2 N–H and O–H groups in total. The van der Waals surface area contributed by atoms with Crippen molar-refractivity contribution in [3.63, 3.8) is 0 Å². The maximum absolute atomic E-state index is 12.7. The zero-order chi connectivity index (χ0) is 20.7. The van der Waals surface area contributed by atoms with Crippen molar-refractivity contribution in [2.45, 2.75) is 4.90 Å². The Morgan fingerprint density at radius 3 is 2.62 bits per heavy atom. The molecule has 0 saturated heterocycles. The molecule has 0 radical (unpaired) electrons. The first-order valence-corrected chi connectivity index (χ1v) is 9.98. The summed E-state index contributed by atoms with van der Waals surface area (Å²) in [5.74, 6) is -0.166. The molecule has 0 saturated carbocycles. The molecule has 3 rings (SSSR count). The van der Waals surface area contributed by atoms with Crippen LogP contribution in [0.25, 0.3) is 0 Å². The molecule has 0 aliphatic heterocycles. The lowest BCUT2D eigenvalue weighted by atomic mass is 10.2. The summed E-state index contributed by atoms with van der Waals surface area (Å²) in [6, 6.07) is 17.6. The summed E-state index contributed by atoms with van der Waals surface area (Å²) >= 11 is 0. The molecule has 0 unspecified atom stereocenters. The molecule has 0 aliphatic carbocycles. The largest absolute Gasteiger partial charge is 0.495 e. The van der Waals surface area contributed by atoms with Crippen LogP contribution in [0.2, 0.25) is 0 Å². The van der Waals surface area contributed by atoms with Gasteiger partial charge in [0.25, 0.3) is 15.9 Å². The SMILES string of the molecule is COc1ccccc1NS(=O)(=O)c1cccc(C(=O)N/N=C\c2ccccn2)c1. The Bertz CT molecular complexity index is 1130. The first-order valence-electron chi connectivity index (χ1n) is 8.50. The highest BCUT2D eigenvalue weighted by atomic mass is 32.2. The number of ether oxygens (including phenoxy) is 1. The third-order valence-corrected chi connectivity index (χ3v) is 5.17. The van der Waals surface area contributed by atoms with E-state index in [1.165, 1.54) is 37.6 Å². The van der Waals surface area contributed by atoms with Crippen LogP contribution in [-0.2, 0) is 10.0 Å². The number of methoxy groups -OCH3 is 1. The molecule has 0 atom stereocenters. The summed E-state index contributed by atoms with van der Waals surface area (Å²) in [6.45, 7) is 0. The molecule has 0 aliphatic rings. The number of carbonyl (C=O) groups is 1. The van der Waals surface area contributed by atoms with E-state index < -0.39 is 15.9 Å². The molecule has 8 nitrogen and oxygen atoms in total. The number of nitrogens with zero attached hydrogens (tertiary/aromatic N) is 2. The van der Waals surface area contributed by atoms with Gasteiger partial charge in [-0.15, -0.1) is 0 Å². The van der Waals surface area contributed by atoms with Crippen LogP contribution in [-0.4, -0.2) is 32.6 Å². The van der Waals surface area contributed by atoms with Crippen molar-refractivity contribution in [2.24, 2.45) is 5.10 Å². The second kappa shape index (κ2) is 8.98. The fourth-order valence-electron chi connectivity index (χ4n) is 2.41. The molecule has 29 heavy (non-hydrogen) atoms. The van der Waals surface area contributed by atoms with Crippen LogP contribution in [0.15, 0.2) is 82.9 Å². The smallest absolute Gasteiger partial charge is 0.271 e. The molecule has 3 aromatic rings. The molecule has 2 aromatic carbocycles. The second-order valence-electron chi connectivity index (χ2n) is 5.79. The van der Waals surface area contributed by atoms with Crippen LogP contribution in [0.4, 0.5) is 5.69 Å². The fraction of sp³-hybridized carbons (Fsp3) is 0.0500. The quantitative estimate of drug-likeness (QED) is 0.460. The van der Waals surface area contributed by atoms with E-state index >= 15 is 0 Å². The minimum atomic E-state index is -3.92. The Hall–Kier alpha value is -3.72. The third-order valence-electron chi connectivity index (χ3n) is 3.81. The van der Waals surface area contributed by atoms with Gasteiger partial charge in [0, 0.05) is 11.8 Å². The van der Waals surface area contributed by atoms with Crippen molar-refractivity contribution in [3.05, 3.63) is 84.2 Å². The summed E-state index contributed by atoms with van der Waals surface area (Å²) in [5.41, 5.74) is 3.36. The second-order valence-corrected chi connectivity index (χ2v) is 7.47. The van der Waals surface area contributed by atoms with Crippen molar-refractivity contribution in [2.75, 3.05) is 11.8 Å². The summed E-state index contributed by atoms with van der Waals surface area (Å²) in [7, 11) is -2.48. The van der Waals surface area contributed by atoms with Crippen molar-refractivity contribution in [3.8, 4) is 5.75 Å². The fourth-order valence-corrected chi connectivity index (χ4v) is 3.53. The van der Waals surface area contributed by atoms with Crippen LogP contribution in [0, 0.1) is 0 Å². The van der Waals surface area contributed by atoms with Gasteiger partial charge in [-0.25, -0.2) is 13.8 Å².